The zero-order valence-electron chi connectivity index (χ0n) is 11.2. The van der Waals surface area contributed by atoms with E-state index in [2.05, 4.69) is 15.9 Å². The summed E-state index contributed by atoms with van der Waals surface area (Å²) in [6.07, 6.45) is 0. The van der Waals surface area contributed by atoms with Gasteiger partial charge in [-0.2, -0.15) is 0 Å². The minimum atomic E-state index is -1.69. The monoisotopic (exact) mass is 336 g/mol. The maximum absolute atomic E-state index is 13.6. The van der Waals surface area contributed by atoms with Crippen molar-refractivity contribution < 1.29 is 23.6 Å². The number of hydrogen-bond donors (Lipinski definition) is 2. The molecule has 1 aromatic rings. The first-order valence-corrected chi connectivity index (χ1v) is 6.47. The number of hydrogen-bond acceptors (Lipinski definition) is 3. The highest BCUT2D eigenvalue weighted by Gasteiger charge is 2.40. The molecule has 3 nitrogen and oxygen atoms in total. The van der Waals surface area contributed by atoms with Crippen LogP contribution in [0.4, 0.5) is 8.78 Å². The summed E-state index contributed by atoms with van der Waals surface area (Å²) >= 11 is 3.01. The lowest BCUT2D eigenvalue weighted by molar-refractivity contribution is -0.0983. The van der Waals surface area contributed by atoms with Gasteiger partial charge >= 0.3 is 7.12 Å². The van der Waals surface area contributed by atoms with Crippen LogP contribution in [0, 0.1) is 11.6 Å². The highest BCUT2D eigenvalue weighted by molar-refractivity contribution is 9.10. The molecule has 0 aliphatic heterocycles. The Morgan fingerprint density at radius 1 is 1.21 bits per heavy atom. The van der Waals surface area contributed by atoms with E-state index >= 15 is 0 Å². The van der Waals surface area contributed by atoms with Gasteiger partial charge in [0.25, 0.3) is 0 Å². The number of benzene rings is 1. The Hall–Kier alpha value is -0.495. The van der Waals surface area contributed by atoms with Crippen molar-refractivity contribution in [2.75, 3.05) is 0 Å². The third-order valence-electron chi connectivity index (χ3n) is 3.17. The van der Waals surface area contributed by atoms with Crippen molar-refractivity contribution in [1.82, 2.24) is 0 Å². The van der Waals surface area contributed by atoms with Crippen molar-refractivity contribution in [1.29, 1.82) is 0 Å². The largest absolute Gasteiger partial charge is 0.494 e. The summed E-state index contributed by atoms with van der Waals surface area (Å²) in [6, 6.07) is 2.18. The number of halogens is 3. The first kappa shape index (κ1) is 16.6. The number of rotatable bonds is 4. The van der Waals surface area contributed by atoms with E-state index in [1.165, 1.54) is 19.9 Å². The normalized spacial score (nSPS) is 12.7. The van der Waals surface area contributed by atoms with Gasteiger partial charge in [-0.25, -0.2) is 8.78 Å². The first-order chi connectivity index (χ1) is 8.45. The van der Waals surface area contributed by atoms with E-state index in [1.807, 2.05) is 0 Å². The lowest BCUT2D eigenvalue weighted by Crippen LogP contribution is -2.53. The van der Waals surface area contributed by atoms with E-state index in [0.29, 0.717) is 0 Å². The standard InChI is InChI=1S/C12H16BBrF2O3/c1-11(2,17)12(3,4)19-13(18)8-5-7(14)6-9(15)10(8)16/h5-6,17-18H,1-4H3. The fraction of sp³-hybridized carbons (Fsp3) is 0.500. The van der Waals surface area contributed by atoms with E-state index < -0.39 is 30.0 Å². The second-order valence-corrected chi connectivity index (χ2v) is 6.25. The van der Waals surface area contributed by atoms with Crippen molar-refractivity contribution in [3.8, 4) is 0 Å². The topological polar surface area (TPSA) is 49.7 Å². The van der Waals surface area contributed by atoms with E-state index in [1.54, 1.807) is 13.8 Å². The second-order valence-electron chi connectivity index (χ2n) is 5.33. The second kappa shape index (κ2) is 5.48. The van der Waals surface area contributed by atoms with Gasteiger partial charge in [-0.15, -0.1) is 0 Å². The molecular formula is C12H16BBrF2O3. The number of aliphatic hydroxyl groups is 1. The molecular weight excluding hydrogens is 321 g/mol. The summed E-state index contributed by atoms with van der Waals surface area (Å²) in [6.45, 7) is 6.08. The van der Waals surface area contributed by atoms with Crippen molar-refractivity contribution in [3.63, 3.8) is 0 Å². The van der Waals surface area contributed by atoms with Crippen LogP contribution < -0.4 is 5.46 Å². The van der Waals surface area contributed by atoms with Gasteiger partial charge in [0.2, 0.25) is 0 Å². The summed E-state index contributed by atoms with van der Waals surface area (Å²) in [5.41, 5.74) is -2.75. The Labute approximate surface area is 119 Å². The lowest BCUT2D eigenvalue weighted by atomic mass is 9.76. The molecule has 0 aromatic heterocycles. The maximum atomic E-state index is 13.6. The van der Waals surface area contributed by atoms with Crippen LogP contribution in [0.5, 0.6) is 0 Å². The Kier molecular flexibility index (Phi) is 4.77. The van der Waals surface area contributed by atoms with Gasteiger partial charge in [0, 0.05) is 9.94 Å². The summed E-state index contributed by atoms with van der Waals surface area (Å²) < 4.78 is 32.4. The molecule has 0 saturated carbocycles. The molecule has 1 rings (SSSR count). The minimum Gasteiger partial charge on any atom is -0.423 e. The molecule has 19 heavy (non-hydrogen) atoms. The van der Waals surface area contributed by atoms with Crippen LogP contribution >= 0.6 is 15.9 Å². The molecule has 0 bridgehead atoms. The van der Waals surface area contributed by atoms with Crippen molar-refractivity contribution >= 4 is 28.5 Å². The van der Waals surface area contributed by atoms with Crippen LogP contribution in [-0.2, 0) is 4.65 Å². The highest BCUT2D eigenvalue weighted by Crippen LogP contribution is 2.25. The van der Waals surface area contributed by atoms with Crippen molar-refractivity contribution in [3.05, 3.63) is 28.2 Å². The summed E-state index contributed by atoms with van der Waals surface area (Å²) in [4.78, 5) is 0. The van der Waals surface area contributed by atoms with Gasteiger partial charge in [-0.05, 0) is 39.8 Å². The third-order valence-corrected chi connectivity index (χ3v) is 3.62. The first-order valence-electron chi connectivity index (χ1n) is 5.68. The summed E-state index contributed by atoms with van der Waals surface area (Å²) in [5, 5.41) is 19.8. The average Bonchev–Trinajstić information content (AvgIpc) is 2.20. The summed E-state index contributed by atoms with van der Waals surface area (Å²) in [7, 11) is -1.69. The van der Waals surface area contributed by atoms with E-state index in [9.17, 15) is 18.9 Å². The van der Waals surface area contributed by atoms with Crippen LogP contribution in [0.2, 0.25) is 0 Å². The molecule has 0 heterocycles. The van der Waals surface area contributed by atoms with Crippen molar-refractivity contribution in [2.45, 2.75) is 38.9 Å². The van der Waals surface area contributed by atoms with E-state index in [-0.39, 0.29) is 9.94 Å². The lowest BCUT2D eigenvalue weighted by Gasteiger charge is -2.38. The van der Waals surface area contributed by atoms with E-state index in [0.717, 1.165) is 6.07 Å². The molecule has 0 saturated heterocycles. The fourth-order valence-electron chi connectivity index (χ4n) is 1.24. The molecule has 0 spiro atoms. The molecule has 0 amide bonds. The predicted octanol–water partition coefficient (Wildman–Crippen LogP) is 1.98. The van der Waals surface area contributed by atoms with Gasteiger partial charge in [0.05, 0.1) is 11.2 Å². The Balaban J connectivity index is 3.06. The highest BCUT2D eigenvalue weighted by atomic mass is 79.9. The van der Waals surface area contributed by atoms with Crippen LogP contribution in [0.25, 0.3) is 0 Å². The van der Waals surface area contributed by atoms with Gasteiger partial charge in [-0.1, -0.05) is 15.9 Å². The van der Waals surface area contributed by atoms with Crippen LogP contribution in [0.15, 0.2) is 16.6 Å². The predicted molar refractivity (Wildman–Crippen MR) is 73.1 cm³/mol. The SMILES string of the molecule is CC(C)(O)C(C)(C)OB(O)c1cc(Br)cc(F)c1F. The molecule has 7 heteroatoms. The average molecular weight is 337 g/mol. The molecule has 2 N–H and O–H groups in total. The zero-order chi connectivity index (χ0) is 15.0. The Morgan fingerprint density at radius 2 is 1.74 bits per heavy atom. The molecule has 106 valence electrons. The maximum Gasteiger partial charge on any atom is 0.494 e. The smallest absolute Gasteiger partial charge is 0.423 e. The molecule has 0 unspecified atom stereocenters. The van der Waals surface area contributed by atoms with Crippen LogP contribution in [0.1, 0.15) is 27.7 Å². The minimum absolute atomic E-state index is 0.283. The van der Waals surface area contributed by atoms with Crippen LogP contribution in [-0.4, -0.2) is 28.5 Å². The van der Waals surface area contributed by atoms with Crippen molar-refractivity contribution in [2.24, 2.45) is 0 Å². The van der Waals surface area contributed by atoms with Gasteiger partial charge in [-0.3, -0.25) is 0 Å². The summed E-state index contributed by atoms with van der Waals surface area (Å²) in [5.74, 6) is -2.27. The molecule has 0 aliphatic carbocycles. The van der Waals surface area contributed by atoms with Gasteiger partial charge in [0.15, 0.2) is 11.6 Å². The fourth-order valence-corrected chi connectivity index (χ4v) is 1.69. The van der Waals surface area contributed by atoms with Gasteiger partial charge < -0.3 is 14.8 Å². The zero-order valence-corrected chi connectivity index (χ0v) is 12.8. The Morgan fingerprint density at radius 3 is 2.21 bits per heavy atom. The van der Waals surface area contributed by atoms with Gasteiger partial charge in [0.1, 0.15) is 0 Å². The van der Waals surface area contributed by atoms with E-state index in [4.69, 9.17) is 4.65 Å². The van der Waals surface area contributed by atoms with Crippen LogP contribution in [0.3, 0.4) is 0 Å². The molecule has 0 radical (unpaired) electrons. The molecule has 1 aromatic carbocycles. The molecule has 0 aliphatic rings. The Bertz CT molecular complexity index is 475. The molecule has 0 fully saturated rings. The third kappa shape index (κ3) is 3.75. The molecule has 0 atom stereocenters. The quantitative estimate of drug-likeness (QED) is 0.653.